The molecule has 0 radical (unpaired) electrons. The highest BCUT2D eigenvalue weighted by Crippen LogP contribution is 2.06. The molecule has 0 fully saturated rings. The SMILES string of the molecule is CCNC(C)C(C)S(=O)CC(C)C. The molecule has 0 saturated carbocycles. The first-order chi connectivity index (χ1) is 5.99. The standard InChI is InChI=1S/C10H23NOS/c1-6-11-9(4)10(5)13(12)7-8(2)3/h8-11H,6-7H2,1-5H3. The summed E-state index contributed by atoms with van der Waals surface area (Å²) in [6, 6.07) is 0.351. The minimum atomic E-state index is -0.689. The normalized spacial score (nSPS) is 18.6. The van der Waals surface area contributed by atoms with Gasteiger partial charge >= 0.3 is 0 Å². The molecule has 0 bridgehead atoms. The lowest BCUT2D eigenvalue weighted by molar-refractivity contribution is 0.547. The number of rotatable bonds is 6. The molecular weight excluding hydrogens is 182 g/mol. The molecule has 3 heteroatoms. The van der Waals surface area contributed by atoms with Crippen molar-refractivity contribution in [3.8, 4) is 0 Å². The number of nitrogens with one attached hydrogen (secondary N) is 1. The van der Waals surface area contributed by atoms with Gasteiger partial charge in [-0.3, -0.25) is 4.21 Å². The van der Waals surface area contributed by atoms with E-state index in [1.54, 1.807) is 0 Å². The maximum absolute atomic E-state index is 11.7. The van der Waals surface area contributed by atoms with Gasteiger partial charge in [0.25, 0.3) is 0 Å². The van der Waals surface area contributed by atoms with Crippen LogP contribution >= 0.6 is 0 Å². The zero-order chi connectivity index (χ0) is 10.4. The van der Waals surface area contributed by atoms with E-state index in [1.807, 2.05) is 0 Å². The van der Waals surface area contributed by atoms with E-state index in [-0.39, 0.29) is 5.25 Å². The fourth-order valence-corrected chi connectivity index (χ4v) is 2.71. The average molecular weight is 205 g/mol. The molecule has 0 aromatic heterocycles. The molecular formula is C10H23NOS. The molecule has 0 aromatic carbocycles. The van der Waals surface area contributed by atoms with Crippen molar-refractivity contribution in [3.63, 3.8) is 0 Å². The van der Waals surface area contributed by atoms with Gasteiger partial charge in [0, 0.05) is 27.8 Å². The Morgan fingerprint density at radius 2 is 1.77 bits per heavy atom. The average Bonchev–Trinajstić information content (AvgIpc) is 2.02. The van der Waals surface area contributed by atoms with Gasteiger partial charge in [-0.25, -0.2) is 0 Å². The summed E-state index contributed by atoms with van der Waals surface area (Å²) in [6.45, 7) is 11.4. The number of hydrogen-bond acceptors (Lipinski definition) is 2. The molecule has 0 saturated heterocycles. The van der Waals surface area contributed by atoms with Crippen molar-refractivity contribution in [1.29, 1.82) is 0 Å². The first kappa shape index (κ1) is 13.1. The Balaban J connectivity index is 3.93. The lowest BCUT2D eigenvalue weighted by Crippen LogP contribution is -2.39. The highest BCUT2D eigenvalue weighted by molar-refractivity contribution is 7.85. The summed E-state index contributed by atoms with van der Waals surface area (Å²) in [5.41, 5.74) is 0. The molecule has 13 heavy (non-hydrogen) atoms. The van der Waals surface area contributed by atoms with Gasteiger partial charge < -0.3 is 5.32 Å². The summed E-state index contributed by atoms with van der Waals surface area (Å²) in [4.78, 5) is 0. The van der Waals surface area contributed by atoms with Crippen LogP contribution in [0.5, 0.6) is 0 Å². The third-order valence-electron chi connectivity index (χ3n) is 2.14. The molecule has 3 unspecified atom stereocenters. The Hall–Kier alpha value is 0.110. The van der Waals surface area contributed by atoms with E-state index in [9.17, 15) is 4.21 Å². The van der Waals surface area contributed by atoms with Crippen molar-refractivity contribution in [1.82, 2.24) is 5.32 Å². The summed E-state index contributed by atoms with van der Waals surface area (Å²) in [5.74, 6) is 1.34. The largest absolute Gasteiger partial charge is 0.313 e. The fourth-order valence-electron chi connectivity index (χ4n) is 1.20. The molecule has 0 aliphatic heterocycles. The van der Waals surface area contributed by atoms with Gasteiger partial charge in [-0.15, -0.1) is 0 Å². The molecule has 0 aliphatic carbocycles. The van der Waals surface area contributed by atoms with Gasteiger partial charge in [-0.2, -0.15) is 0 Å². The van der Waals surface area contributed by atoms with E-state index in [0.29, 0.717) is 12.0 Å². The maximum atomic E-state index is 11.7. The first-order valence-corrected chi connectivity index (χ1v) is 6.47. The van der Waals surface area contributed by atoms with Gasteiger partial charge in [-0.05, 0) is 26.3 Å². The molecule has 80 valence electrons. The highest BCUT2D eigenvalue weighted by Gasteiger charge is 2.18. The van der Waals surface area contributed by atoms with E-state index < -0.39 is 10.8 Å². The van der Waals surface area contributed by atoms with Crippen LogP contribution in [-0.4, -0.2) is 27.8 Å². The van der Waals surface area contributed by atoms with Crippen LogP contribution in [0.25, 0.3) is 0 Å². The van der Waals surface area contributed by atoms with Gasteiger partial charge in [0.05, 0.1) is 0 Å². The summed E-state index contributed by atoms with van der Waals surface area (Å²) >= 11 is 0. The van der Waals surface area contributed by atoms with Crippen molar-refractivity contribution >= 4 is 10.8 Å². The second kappa shape index (κ2) is 6.55. The maximum Gasteiger partial charge on any atom is 0.0470 e. The molecule has 0 rings (SSSR count). The Morgan fingerprint density at radius 1 is 1.23 bits per heavy atom. The minimum absolute atomic E-state index is 0.252. The topological polar surface area (TPSA) is 29.1 Å². The molecule has 0 aliphatic rings. The van der Waals surface area contributed by atoms with Crippen LogP contribution in [0.4, 0.5) is 0 Å². The monoisotopic (exact) mass is 205 g/mol. The van der Waals surface area contributed by atoms with Gasteiger partial charge in [0.15, 0.2) is 0 Å². The second-order valence-electron chi connectivity index (χ2n) is 3.99. The molecule has 0 heterocycles. The van der Waals surface area contributed by atoms with E-state index in [0.717, 1.165) is 12.3 Å². The molecule has 0 aromatic rings. The lowest BCUT2D eigenvalue weighted by atomic mass is 10.2. The molecule has 3 atom stereocenters. The van der Waals surface area contributed by atoms with Crippen LogP contribution in [0, 0.1) is 5.92 Å². The molecule has 0 amide bonds. The van der Waals surface area contributed by atoms with Crippen LogP contribution < -0.4 is 5.32 Å². The lowest BCUT2D eigenvalue weighted by Gasteiger charge is -2.20. The second-order valence-corrected chi connectivity index (χ2v) is 5.83. The molecule has 1 N–H and O–H groups in total. The third kappa shape index (κ3) is 5.42. The van der Waals surface area contributed by atoms with E-state index in [1.165, 1.54) is 0 Å². The van der Waals surface area contributed by atoms with Gasteiger partial charge in [0.2, 0.25) is 0 Å². The summed E-state index contributed by atoms with van der Waals surface area (Å²) in [6.07, 6.45) is 0. The smallest absolute Gasteiger partial charge is 0.0470 e. The predicted octanol–water partition coefficient (Wildman–Crippen LogP) is 1.78. The van der Waals surface area contributed by atoms with E-state index >= 15 is 0 Å². The van der Waals surface area contributed by atoms with Gasteiger partial charge in [0.1, 0.15) is 0 Å². The van der Waals surface area contributed by atoms with Crippen LogP contribution in [-0.2, 0) is 10.8 Å². The molecule has 0 spiro atoms. The van der Waals surface area contributed by atoms with Crippen molar-refractivity contribution in [2.24, 2.45) is 5.92 Å². The Labute approximate surface area is 84.9 Å². The molecule has 2 nitrogen and oxygen atoms in total. The summed E-state index contributed by atoms with van der Waals surface area (Å²) in [7, 11) is -0.689. The Morgan fingerprint density at radius 3 is 2.15 bits per heavy atom. The Bertz CT molecular complexity index is 159. The Kier molecular flexibility index (Phi) is 6.60. The predicted molar refractivity (Wildman–Crippen MR) is 60.4 cm³/mol. The van der Waals surface area contributed by atoms with Gasteiger partial charge in [-0.1, -0.05) is 20.8 Å². The van der Waals surface area contributed by atoms with Crippen LogP contribution in [0.1, 0.15) is 34.6 Å². The van der Waals surface area contributed by atoms with Crippen molar-refractivity contribution < 1.29 is 4.21 Å². The minimum Gasteiger partial charge on any atom is -0.313 e. The van der Waals surface area contributed by atoms with Crippen LogP contribution in [0.2, 0.25) is 0 Å². The van der Waals surface area contributed by atoms with E-state index in [4.69, 9.17) is 0 Å². The first-order valence-electron chi connectivity index (χ1n) is 5.09. The summed E-state index contributed by atoms with van der Waals surface area (Å²) in [5, 5.41) is 3.56. The van der Waals surface area contributed by atoms with Crippen molar-refractivity contribution in [2.45, 2.75) is 45.9 Å². The van der Waals surface area contributed by atoms with Crippen LogP contribution in [0.15, 0.2) is 0 Å². The van der Waals surface area contributed by atoms with Crippen molar-refractivity contribution in [3.05, 3.63) is 0 Å². The van der Waals surface area contributed by atoms with E-state index in [2.05, 4.69) is 39.9 Å². The summed E-state index contributed by atoms with van der Waals surface area (Å²) < 4.78 is 11.7. The highest BCUT2D eigenvalue weighted by atomic mass is 32.2. The zero-order valence-corrected chi connectivity index (χ0v) is 10.3. The fraction of sp³-hybridized carbons (Fsp3) is 1.00. The number of hydrogen-bond donors (Lipinski definition) is 1. The quantitative estimate of drug-likeness (QED) is 0.716. The van der Waals surface area contributed by atoms with Crippen LogP contribution in [0.3, 0.4) is 0 Å². The van der Waals surface area contributed by atoms with Crippen molar-refractivity contribution in [2.75, 3.05) is 12.3 Å². The zero-order valence-electron chi connectivity index (χ0n) is 9.46. The third-order valence-corrected chi connectivity index (χ3v) is 4.38.